The van der Waals surface area contributed by atoms with Crippen molar-refractivity contribution in [2.75, 3.05) is 0 Å². The number of esters is 2. The number of non-ortho nitro benzene ring substituents is 1. The predicted molar refractivity (Wildman–Crippen MR) is 120 cm³/mol. The van der Waals surface area contributed by atoms with Gasteiger partial charge in [-0.1, -0.05) is 0 Å². The molecule has 4 heterocycles. The minimum absolute atomic E-state index is 0.0649. The number of aromatic nitrogens is 2. The lowest BCUT2D eigenvalue weighted by Gasteiger charge is -2.44. The first kappa shape index (κ1) is 22.1. The van der Waals surface area contributed by atoms with Crippen molar-refractivity contribution in [1.29, 1.82) is 0 Å². The van der Waals surface area contributed by atoms with E-state index in [0.29, 0.717) is 16.2 Å². The average molecular weight is 501 g/mol. The summed E-state index contributed by atoms with van der Waals surface area (Å²) in [4.78, 5) is 54.2. The summed E-state index contributed by atoms with van der Waals surface area (Å²) < 4.78 is 12.6. The zero-order chi connectivity index (χ0) is 24.0. The van der Waals surface area contributed by atoms with Gasteiger partial charge in [0.15, 0.2) is 11.1 Å². The lowest BCUT2D eigenvalue weighted by atomic mass is 9.89. The first-order valence-corrected chi connectivity index (χ1v) is 11.8. The van der Waals surface area contributed by atoms with E-state index in [4.69, 9.17) is 9.47 Å². The Balaban J connectivity index is 1.27. The number of amides is 1. The van der Waals surface area contributed by atoms with Crippen molar-refractivity contribution in [2.24, 2.45) is 5.92 Å². The Kier molecular flexibility index (Phi) is 5.57. The highest BCUT2D eigenvalue weighted by molar-refractivity contribution is 8.03. The second-order valence-corrected chi connectivity index (χ2v) is 9.42. The van der Waals surface area contributed by atoms with Crippen LogP contribution in [0, 0.1) is 16.0 Å². The predicted octanol–water partition coefficient (Wildman–Crippen LogP) is 3.02. The largest absolute Gasteiger partial charge is 0.456 e. The van der Waals surface area contributed by atoms with Crippen LogP contribution in [-0.2, 0) is 30.5 Å². The number of ether oxygens (including phenoxy) is 2. The number of carbonyl (C=O) groups excluding carboxylic acids is 3. The fourth-order valence-electron chi connectivity index (χ4n) is 3.82. The van der Waals surface area contributed by atoms with Gasteiger partial charge in [-0.2, -0.15) is 0 Å². The van der Waals surface area contributed by atoms with Gasteiger partial charge in [-0.15, -0.1) is 23.1 Å². The Labute approximate surface area is 200 Å². The maximum atomic E-state index is 13.1. The molecule has 0 bridgehead atoms. The summed E-state index contributed by atoms with van der Waals surface area (Å²) in [7, 11) is 0. The number of thiazole rings is 1. The van der Waals surface area contributed by atoms with E-state index < -0.39 is 34.3 Å². The third kappa shape index (κ3) is 3.82. The van der Waals surface area contributed by atoms with Gasteiger partial charge in [0.05, 0.1) is 4.92 Å². The van der Waals surface area contributed by atoms with E-state index in [0.717, 1.165) is 0 Å². The van der Waals surface area contributed by atoms with Crippen molar-refractivity contribution in [2.45, 2.75) is 25.0 Å². The number of carbonyl (C=O) groups is 3. The van der Waals surface area contributed by atoms with Crippen LogP contribution in [-0.4, -0.2) is 42.4 Å². The second kappa shape index (κ2) is 8.57. The number of hydrogen-bond donors (Lipinski definition) is 0. The molecule has 0 N–H and O–H groups in total. The van der Waals surface area contributed by atoms with Crippen molar-refractivity contribution in [1.82, 2.24) is 14.3 Å². The van der Waals surface area contributed by atoms with Gasteiger partial charge < -0.3 is 9.47 Å². The first-order valence-electron chi connectivity index (χ1n) is 10.0. The summed E-state index contributed by atoms with van der Waals surface area (Å²) in [5.41, 5.74) is 1.08. The van der Waals surface area contributed by atoms with E-state index in [1.54, 1.807) is 16.0 Å². The smallest absolute Gasteiger partial charge is 0.355 e. The highest BCUT2D eigenvalue weighted by Crippen LogP contribution is 2.50. The molecule has 1 amide bonds. The number of hydrogen-bond acceptors (Lipinski definition) is 10. The molecule has 1 fully saturated rings. The Bertz CT molecular complexity index is 1320. The molecule has 0 saturated carbocycles. The second-order valence-electron chi connectivity index (χ2n) is 7.55. The minimum atomic E-state index is -0.880. The van der Waals surface area contributed by atoms with Crippen LogP contribution in [0.1, 0.15) is 24.3 Å². The summed E-state index contributed by atoms with van der Waals surface area (Å²) >= 11 is 2.69. The van der Waals surface area contributed by atoms with Gasteiger partial charge >= 0.3 is 11.9 Å². The van der Waals surface area contributed by atoms with Gasteiger partial charge in [-0.25, -0.2) is 9.78 Å². The molecule has 3 atom stereocenters. The Morgan fingerprint density at radius 3 is 2.74 bits per heavy atom. The van der Waals surface area contributed by atoms with Crippen molar-refractivity contribution in [3.05, 3.63) is 74.5 Å². The Hall–Kier alpha value is -3.71. The van der Waals surface area contributed by atoms with Crippen LogP contribution in [0.15, 0.2) is 53.1 Å². The maximum absolute atomic E-state index is 13.1. The van der Waals surface area contributed by atoms with Crippen molar-refractivity contribution in [3.63, 3.8) is 0 Å². The molecule has 5 rings (SSSR count). The maximum Gasteiger partial charge on any atom is 0.355 e. The molecule has 2 aliphatic heterocycles. The van der Waals surface area contributed by atoms with Gasteiger partial charge in [0.1, 0.15) is 29.3 Å². The quantitative estimate of drug-likeness (QED) is 0.208. The normalized spacial score (nSPS) is 19.9. The third-order valence-corrected chi connectivity index (χ3v) is 7.32. The molecule has 3 aromatic rings. The minimum Gasteiger partial charge on any atom is -0.456 e. The van der Waals surface area contributed by atoms with Crippen LogP contribution in [0.4, 0.5) is 5.69 Å². The van der Waals surface area contributed by atoms with Crippen molar-refractivity contribution < 1.29 is 28.8 Å². The molecular formula is C21H16N4O7S2. The fourth-order valence-corrected chi connectivity index (χ4v) is 5.77. The van der Waals surface area contributed by atoms with E-state index in [2.05, 4.69) is 4.98 Å². The number of thioether (sulfide) groups is 1. The SMILES string of the molecule is CC(=O)OC(c1cn2ccsc2n1)C1C(=O)N2C(C(=O)OCc3ccc([N+](=O)[O-])cc3)=CSC12. The van der Waals surface area contributed by atoms with Crippen LogP contribution in [0.5, 0.6) is 0 Å². The third-order valence-electron chi connectivity index (χ3n) is 5.41. The van der Waals surface area contributed by atoms with Crippen molar-refractivity contribution >= 4 is 51.6 Å². The van der Waals surface area contributed by atoms with Gasteiger partial charge in [0.2, 0.25) is 5.91 Å². The molecule has 174 valence electrons. The van der Waals surface area contributed by atoms with Crippen LogP contribution in [0.25, 0.3) is 4.96 Å². The van der Waals surface area contributed by atoms with Gasteiger partial charge in [0.25, 0.3) is 5.69 Å². The van der Waals surface area contributed by atoms with Gasteiger partial charge in [-0.3, -0.25) is 29.0 Å². The van der Waals surface area contributed by atoms with Crippen LogP contribution >= 0.6 is 23.1 Å². The molecule has 2 aromatic heterocycles. The van der Waals surface area contributed by atoms with E-state index in [9.17, 15) is 24.5 Å². The molecule has 0 radical (unpaired) electrons. The highest BCUT2D eigenvalue weighted by atomic mass is 32.2. The zero-order valence-electron chi connectivity index (χ0n) is 17.5. The topological polar surface area (TPSA) is 133 Å². The summed E-state index contributed by atoms with van der Waals surface area (Å²) in [6.45, 7) is 1.17. The number of nitrogens with zero attached hydrogens (tertiary/aromatic N) is 4. The molecular weight excluding hydrogens is 484 g/mol. The number of nitro benzene ring substituents is 1. The van der Waals surface area contributed by atoms with Crippen LogP contribution < -0.4 is 0 Å². The van der Waals surface area contributed by atoms with Crippen LogP contribution in [0.2, 0.25) is 0 Å². The zero-order valence-corrected chi connectivity index (χ0v) is 19.2. The van der Waals surface area contributed by atoms with Crippen LogP contribution in [0.3, 0.4) is 0 Å². The lowest BCUT2D eigenvalue weighted by molar-refractivity contribution is -0.384. The monoisotopic (exact) mass is 500 g/mol. The number of β-lactam (4-membered cyclic amide) rings is 1. The summed E-state index contributed by atoms with van der Waals surface area (Å²) in [6, 6.07) is 5.64. The van der Waals surface area contributed by atoms with Gasteiger partial charge in [0, 0.05) is 42.2 Å². The molecule has 13 heteroatoms. The molecule has 0 spiro atoms. The number of nitro groups is 1. The Morgan fingerprint density at radius 2 is 2.06 bits per heavy atom. The molecule has 11 nitrogen and oxygen atoms in total. The summed E-state index contributed by atoms with van der Waals surface area (Å²) in [5.74, 6) is -2.29. The Morgan fingerprint density at radius 1 is 1.29 bits per heavy atom. The van der Waals surface area contributed by atoms with Crippen molar-refractivity contribution in [3.8, 4) is 0 Å². The number of rotatable bonds is 7. The molecule has 34 heavy (non-hydrogen) atoms. The molecule has 2 aliphatic rings. The van der Waals surface area contributed by atoms with E-state index in [1.807, 2.05) is 11.6 Å². The van der Waals surface area contributed by atoms with E-state index >= 15 is 0 Å². The molecule has 1 aromatic carbocycles. The lowest BCUT2D eigenvalue weighted by Crippen LogP contribution is -2.59. The number of fused-ring (bicyclic) bond motifs is 2. The summed E-state index contributed by atoms with van der Waals surface area (Å²) in [5, 5.41) is 13.7. The standard InChI is InChI=1S/C21H16N4O7S2/c1-11(26)32-17(14-8-23-6-7-33-21(23)22-14)16-18(27)24-15(10-34-19(16)24)20(28)31-9-12-2-4-13(5-3-12)25(29)30/h2-8,10,16-17,19H,9H2,1H3. The summed E-state index contributed by atoms with van der Waals surface area (Å²) in [6.07, 6.45) is 2.66. The van der Waals surface area contributed by atoms with E-state index in [-0.39, 0.29) is 23.9 Å². The van der Waals surface area contributed by atoms with E-state index in [1.165, 1.54) is 59.2 Å². The first-order chi connectivity index (χ1) is 16.3. The molecule has 3 unspecified atom stereocenters. The average Bonchev–Trinajstić information content (AvgIpc) is 3.50. The molecule has 1 saturated heterocycles. The van der Waals surface area contributed by atoms with Gasteiger partial charge in [-0.05, 0) is 17.7 Å². The molecule has 0 aliphatic carbocycles. The highest BCUT2D eigenvalue weighted by Gasteiger charge is 2.58. The number of imidazole rings is 1. The fraction of sp³-hybridized carbons (Fsp3) is 0.238. The number of benzene rings is 1.